The van der Waals surface area contributed by atoms with Crippen LogP contribution in [-0.4, -0.2) is 0 Å². The third kappa shape index (κ3) is 5.43. The van der Waals surface area contributed by atoms with Crippen LogP contribution in [0.4, 0.5) is 17.1 Å². The molecule has 9 aromatic carbocycles. The fourth-order valence-corrected chi connectivity index (χ4v) is 10.7. The lowest BCUT2D eigenvalue weighted by atomic mass is 9.79. The Morgan fingerprint density at radius 1 is 0.323 bits per heavy atom. The van der Waals surface area contributed by atoms with Crippen molar-refractivity contribution in [1.82, 2.24) is 0 Å². The molecule has 1 aromatic heterocycles. The summed E-state index contributed by atoms with van der Waals surface area (Å²) in [5.41, 5.74) is 22.8. The molecule has 0 fully saturated rings. The third-order valence-corrected chi connectivity index (χ3v) is 13.9. The van der Waals surface area contributed by atoms with Crippen molar-refractivity contribution in [2.75, 3.05) is 4.90 Å². The maximum Gasteiger partial charge on any atom is 0.135 e. The maximum absolute atomic E-state index is 6.38. The number of hydrogen-bond acceptors (Lipinski definition) is 2. The molecule has 0 N–H and O–H groups in total. The van der Waals surface area contributed by atoms with Gasteiger partial charge < -0.3 is 9.32 Å². The highest BCUT2D eigenvalue weighted by Gasteiger charge is 2.43. The first-order valence-corrected chi connectivity index (χ1v) is 21.8. The van der Waals surface area contributed by atoms with Crippen molar-refractivity contribution >= 4 is 39.0 Å². The first kappa shape index (κ1) is 36.4. The summed E-state index contributed by atoms with van der Waals surface area (Å²) in [6.45, 7) is 9.66. The standard InChI is InChI=1S/C60H45NO/c1-59(2)51-25-16-24-45(40-19-10-6-11-20-40)57(51)49-36-53-50(37-52(49)59)58-47(41-29-32-56-48(33-41)46-23-14-15-26-55(46)62-56)34-44(35-54(58)60(53,3)4)61(42-21-12-7-13-22-42)43-30-27-39(28-31-43)38-17-8-5-9-18-38/h5-37H,1-4H3. The van der Waals surface area contributed by atoms with Gasteiger partial charge in [0.15, 0.2) is 0 Å². The second kappa shape index (κ2) is 13.5. The molecule has 0 bridgehead atoms. The van der Waals surface area contributed by atoms with Crippen LogP contribution in [0.25, 0.3) is 77.6 Å². The lowest BCUT2D eigenvalue weighted by Gasteiger charge is -2.29. The zero-order chi connectivity index (χ0) is 41.7. The molecule has 62 heavy (non-hydrogen) atoms. The van der Waals surface area contributed by atoms with E-state index in [1.165, 1.54) is 77.9 Å². The minimum atomic E-state index is -0.301. The second-order valence-corrected chi connectivity index (χ2v) is 18.1. The Morgan fingerprint density at radius 2 is 0.871 bits per heavy atom. The molecule has 0 amide bonds. The highest BCUT2D eigenvalue weighted by atomic mass is 16.3. The maximum atomic E-state index is 6.38. The average Bonchev–Trinajstić information content (AvgIpc) is 3.88. The zero-order valence-electron chi connectivity index (χ0n) is 35.4. The van der Waals surface area contributed by atoms with Crippen molar-refractivity contribution in [1.29, 1.82) is 0 Å². The predicted octanol–water partition coefficient (Wildman–Crippen LogP) is 16.7. The SMILES string of the molecule is CC1(C)c2cc3c(cc2-c2c(-c4ccccc4)cccc21)C(C)(C)c1cc(N(c2ccccc2)c2ccc(-c4ccccc4)cc2)cc(-c2ccc4oc5ccccc5c4c2)c1-3. The number of fused-ring (bicyclic) bond motifs is 9. The molecule has 1 heterocycles. The molecule has 0 unspecified atom stereocenters. The Hall–Kier alpha value is -7.42. The summed E-state index contributed by atoms with van der Waals surface area (Å²) in [7, 11) is 0. The molecule has 0 aliphatic heterocycles. The fraction of sp³-hybridized carbons (Fsp3) is 0.100. The van der Waals surface area contributed by atoms with Crippen LogP contribution < -0.4 is 4.90 Å². The number of nitrogens with zero attached hydrogens (tertiary/aromatic N) is 1. The van der Waals surface area contributed by atoms with E-state index >= 15 is 0 Å². The van der Waals surface area contributed by atoms with Crippen molar-refractivity contribution in [3.8, 4) is 55.6 Å². The summed E-state index contributed by atoms with van der Waals surface area (Å²) in [5.74, 6) is 0. The van der Waals surface area contributed by atoms with Gasteiger partial charge in [-0.1, -0.05) is 161 Å². The van der Waals surface area contributed by atoms with Gasteiger partial charge in [-0.3, -0.25) is 0 Å². The molecular formula is C60H45NO. The van der Waals surface area contributed by atoms with Crippen LogP contribution in [0.2, 0.25) is 0 Å². The van der Waals surface area contributed by atoms with Gasteiger partial charge in [-0.25, -0.2) is 0 Å². The van der Waals surface area contributed by atoms with Gasteiger partial charge in [-0.2, -0.15) is 0 Å². The Labute approximate surface area is 363 Å². The zero-order valence-corrected chi connectivity index (χ0v) is 35.4. The van der Waals surface area contributed by atoms with E-state index in [-0.39, 0.29) is 10.8 Å². The average molecular weight is 796 g/mol. The number of rotatable bonds is 6. The van der Waals surface area contributed by atoms with E-state index in [9.17, 15) is 0 Å². The number of benzene rings is 9. The van der Waals surface area contributed by atoms with Crippen LogP contribution in [0.1, 0.15) is 49.9 Å². The van der Waals surface area contributed by atoms with E-state index in [1.54, 1.807) is 0 Å². The molecule has 2 heteroatoms. The molecular weight excluding hydrogens is 751 g/mol. The topological polar surface area (TPSA) is 16.4 Å². The summed E-state index contributed by atoms with van der Waals surface area (Å²) >= 11 is 0. The molecule has 2 aliphatic carbocycles. The van der Waals surface area contributed by atoms with Crippen LogP contribution in [0.5, 0.6) is 0 Å². The van der Waals surface area contributed by atoms with Crippen molar-refractivity contribution in [2.45, 2.75) is 38.5 Å². The van der Waals surface area contributed by atoms with Gasteiger partial charge in [0, 0.05) is 38.7 Å². The van der Waals surface area contributed by atoms with Gasteiger partial charge >= 0.3 is 0 Å². The molecule has 2 nitrogen and oxygen atoms in total. The molecule has 0 atom stereocenters. The van der Waals surface area contributed by atoms with Crippen LogP contribution in [0, 0.1) is 0 Å². The van der Waals surface area contributed by atoms with Crippen LogP contribution >= 0.6 is 0 Å². The summed E-state index contributed by atoms with van der Waals surface area (Å²) in [5, 5.41) is 2.26. The molecule has 296 valence electrons. The Morgan fingerprint density at radius 3 is 1.58 bits per heavy atom. The number of para-hydroxylation sites is 2. The van der Waals surface area contributed by atoms with E-state index in [2.05, 4.69) is 227 Å². The van der Waals surface area contributed by atoms with Gasteiger partial charge in [0.25, 0.3) is 0 Å². The van der Waals surface area contributed by atoms with E-state index in [0.29, 0.717) is 0 Å². The first-order chi connectivity index (χ1) is 30.3. The summed E-state index contributed by atoms with van der Waals surface area (Å²) in [4.78, 5) is 2.43. The number of furan rings is 1. The van der Waals surface area contributed by atoms with Crippen LogP contribution in [0.3, 0.4) is 0 Å². The Balaban J connectivity index is 1.11. The monoisotopic (exact) mass is 795 g/mol. The van der Waals surface area contributed by atoms with Gasteiger partial charge in [-0.15, -0.1) is 0 Å². The molecule has 0 radical (unpaired) electrons. The summed E-state index contributed by atoms with van der Waals surface area (Å²) < 4.78 is 6.38. The largest absolute Gasteiger partial charge is 0.456 e. The number of anilines is 3. The van der Waals surface area contributed by atoms with Crippen LogP contribution in [0.15, 0.2) is 205 Å². The van der Waals surface area contributed by atoms with E-state index in [4.69, 9.17) is 4.42 Å². The third-order valence-electron chi connectivity index (χ3n) is 13.9. The minimum absolute atomic E-state index is 0.178. The Kier molecular flexibility index (Phi) is 7.96. The van der Waals surface area contributed by atoms with E-state index in [0.717, 1.165) is 39.0 Å². The van der Waals surface area contributed by atoms with Crippen molar-refractivity contribution < 1.29 is 4.42 Å². The molecule has 0 saturated carbocycles. The van der Waals surface area contributed by atoms with Gasteiger partial charge in [0.1, 0.15) is 11.2 Å². The van der Waals surface area contributed by atoms with Crippen molar-refractivity contribution in [3.05, 3.63) is 222 Å². The highest BCUT2D eigenvalue weighted by molar-refractivity contribution is 6.08. The lowest BCUT2D eigenvalue weighted by molar-refractivity contribution is 0.652. The number of hydrogen-bond donors (Lipinski definition) is 0. The normalized spacial score (nSPS) is 14.1. The quantitative estimate of drug-likeness (QED) is 0.167. The highest BCUT2D eigenvalue weighted by Crippen LogP contribution is 2.60. The van der Waals surface area contributed by atoms with Gasteiger partial charge in [-0.05, 0) is 145 Å². The molecule has 10 aromatic rings. The van der Waals surface area contributed by atoms with Gasteiger partial charge in [0.2, 0.25) is 0 Å². The smallest absolute Gasteiger partial charge is 0.135 e. The summed E-state index contributed by atoms with van der Waals surface area (Å²) in [6, 6.07) is 73.4. The minimum Gasteiger partial charge on any atom is -0.456 e. The molecule has 0 saturated heterocycles. The molecule has 2 aliphatic rings. The lowest BCUT2D eigenvalue weighted by Crippen LogP contribution is -2.17. The molecule has 0 spiro atoms. The molecule has 12 rings (SSSR count). The van der Waals surface area contributed by atoms with Crippen LogP contribution in [-0.2, 0) is 10.8 Å². The first-order valence-electron chi connectivity index (χ1n) is 21.8. The second-order valence-electron chi connectivity index (χ2n) is 18.1. The predicted molar refractivity (Wildman–Crippen MR) is 260 cm³/mol. The van der Waals surface area contributed by atoms with Crippen molar-refractivity contribution in [3.63, 3.8) is 0 Å². The summed E-state index contributed by atoms with van der Waals surface area (Å²) in [6.07, 6.45) is 0. The van der Waals surface area contributed by atoms with E-state index < -0.39 is 0 Å². The fourth-order valence-electron chi connectivity index (χ4n) is 10.7. The van der Waals surface area contributed by atoms with E-state index in [1.807, 2.05) is 6.07 Å². The van der Waals surface area contributed by atoms with Gasteiger partial charge in [0.05, 0.1) is 0 Å². The van der Waals surface area contributed by atoms with Crippen molar-refractivity contribution in [2.24, 2.45) is 0 Å². The Bertz CT molecular complexity index is 3370.